The molecule has 0 saturated carbocycles. The summed E-state index contributed by atoms with van der Waals surface area (Å²) >= 11 is 1.49. The number of hydrogen-bond acceptors (Lipinski definition) is 3. The van der Waals surface area contributed by atoms with Gasteiger partial charge < -0.3 is 11.1 Å². The number of aryl methyl sites for hydroxylation is 1. The minimum absolute atomic E-state index is 0. The van der Waals surface area contributed by atoms with Gasteiger partial charge in [0.05, 0.1) is 0 Å². The lowest BCUT2D eigenvalue weighted by atomic mass is 10.0. The van der Waals surface area contributed by atoms with Crippen LogP contribution in [0.15, 0.2) is 18.2 Å². The molecule has 0 aliphatic carbocycles. The zero-order valence-electron chi connectivity index (χ0n) is 10.7. The van der Waals surface area contributed by atoms with Gasteiger partial charge in [-0.05, 0) is 35.4 Å². The van der Waals surface area contributed by atoms with E-state index < -0.39 is 0 Å². The van der Waals surface area contributed by atoms with Gasteiger partial charge in [0, 0.05) is 12.2 Å². The number of benzene rings is 1. The van der Waals surface area contributed by atoms with Gasteiger partial charge >= 0.3 is 0 Å². The van der Waals surface area contributed by atoms with Gasteiger partial charge in [-0.15, -0.1) is 24.8 Å². The summed E-state index contributed by atoms with van der Waals surface area (Å²) in [4.78, 5) is 0. The first-order chi connectivity index (χ1) is 7.71. The molecule has 4 N–H and O–H groups in total. The van der Waals surface area contributed by atoms with E-state index in [2.05, 4.69) is 18.3 Å². The van der Waals surface area contributed by atoms with Crippen molar-refractivity contribution in [3.05, 3.63) is 29.3 Å². The molecule has 0 unspecified atom stereocenters. The molecule has 0 heterocycles. The van der Waals surface area contributed by atoms with Crippen LogP contribution in [0.2, 0.25) is 0 Å². The normalized spacial score (nSPS) is 9.06. The second-order valence-corrected chi connectivity index (χ2v) is 4.70. The summed E-state index contributed by atoms with van der Waals surface area (Å²) in [5, 5.41) is 11.2. The average molecular weight is 310 g/mol. The standard InChI is InChI=1S/C12H19N3S.2ClH/c1-3-9-5-6-11(7-10(9)8-13)15-12(14)16-4-2;;/h5-7H,3-4,8,13H2,1-2H3,(H2,14,15);2*1H. The van der Waals surface area contributed by atoms with Crippen molar-refractivity contribution in [2.45, 2.75) is 26.8 Å². The lowest BCUT2D eigenvalue weighted by Gasteiger charge is -2.10. The van der Waals surface area contributed by atoms with Gasteiger partial charge in [0.2, 0.25) is 0 Å². The maximum atomic E-state index is 7.67. The van der Waals surface area contributed by atoms with Crippen LogP contribution >= 0.6 is 36.6 Å². The molecule has 18 heavy (non-hydrogen) atoms. The first-order valence-electron chi connectivity index (χ1n) is 5.51. The number of rotatable bonds is 4. The van der Waals surface area contributed by atoms with Gasteiger partial charge in [-0.25, -0.2) is 0 Å². The van der Waals surface area contributed by atoms with E-state index >= 15 is 0 Å². The summed E-state index contributed by atoms with van der Waals surface area (Å²) in [6.07, 6.45) is 0.994. The molecule has 0 saturated heterocycles. The fourth-order valence-corrected chi connectivity index (χ4v) is 2.03. The third-order valence-electron chi connectivity index (χ3n) is 2.35. The van der Waals surface area contributed by atoms with Gasteiger partial charge in [0.1, 0.15) is 0 Å². The lowest BCUT2D eigenvalue weighted by Crippen LogP contribution is -2.08. The third-order valence-corrected chi connectivity index (χ3v) is 3.03. The Balaban J connectivity index is 0. The highest BCUT2D eigenvalue weighted by molar-refractivity contribution is 8.14. The van der Waals surface area contributed by atoms with Crippen LogP contribution in [-0.4, -0.2) is 10.9 Å². The molecule has 0 aliphatic rings. The highest BCUT2D eigenvalue weighted by atomic mass is 35.5. The fraction of sp³-hybridized carbons (Fsp3) is 0.417. The van der Waals surface area contributed by atoms with Crippen molar-refractivity contribution >= 4 is 47.4 Å². The molecule has 1 aromatic carbocycles. The van der Waals surface area contributed by atoms with E-state index in [0.29, 0.717) is 11.7 Å². The molecule has 0 aliphatic heterocycles. The van der Waals surface area contributed by atoms with E-state index in [1.165, 1.54) is 17.3 Å². The van der Waals surface area contributed by atoms with Crippen LogP contribution in [0.3, 0.4) is 0 Å². The number of nitrogens with two attached hydrogens (primary N) is 1. The number of amidine groups is 1. The molecular weight excluding hydrogens is 289 g/mol. The Morgan fingerprint density at radius 3 is 2.44 bits per heavy atom. The molecular formula is C12H21Cl2N3S. The Morgan fingerprint density at radius 2 is 1.94 bits per heavy atom. The summed E-state index contributed by atoms with van der Waals surface area (Å²) < 4.78 is 0. The van der Waals surface area contributed by atoms with Crippen LogP contribution in [0.25, 0.3) is 0 Å². The Kier molecular flexibility index (Phi) is 11.6. The van der Waals surface area contributed by atoms with Crippen LogP contribution in [0.1, 0.15) is 25.0 Å². The second-order valence-electron chi connectivity index (χ2n) is 3.43. The maximum Gasteiger partial charge on any atom is 0.158 e. The predicted molar refractivity (Wildman–Crippen MR) is 87.7 cm³/mol. The molecule has 104 valence electrons. The number of hydrogen-bond donors (Lipinski definition) is 3. The Bertz CT molecular complexity index is 372. The van der Waals surface area contributed by atoms with Crippen molar-refractivity contribution in [1.82, 2.24) is 0 Å². The smallest absolute Gasteiger partial charge is 0.158 e. The Labute approximate surface area is 126 Å². The fourth-order valence-electron chi connectivity index (χ4n) is 1.55. The van der Waals surface area contributed by atoms with Gasteiger partial charge in [0.15, 0.2) is 5.17 Å². The van der Waals surface area contributed by atoms with E-state index in [0.717, 1.165) is 23.4 Å². The highest BCUT2D eigenvalue weighted by Crippen LogP contribution is 2.17. The summed E-state index contributed by atoms with van der Waals surface area (Å²) in [6.45, 7) is 4.70. The molecule has 1 aromatic rings. The van der Waals surface area contributed by atoms with E-state index in [1.807, 2.05) is 19.1 Å². The van der Waals surface area contributed by atoms with E-state index in [9.17, 15) is 0 Å². The molecule has 0 amide bonds. The quantitative estimate of drug-likeness (QED) is 0.587. The van der Waals surface area contributed by atoms with Crippen LogP contribution < -0.4 is 11.1 Å². The molecule has 1 rings (SSSR count). The first kappa shape index (κ1) is 19.9. The Morgan fingerprint density at radius 1 is 1.28 bits per heavy atom. The largest absolute Gasteiger partial charge is 0.335 e. The minimum atomic E-state index is 0. The summed E-state index contributed by atoms with van der Waals surface area (Å²) in [5.41, 5.74) is 9.08. The molecule has 6 heteroatoms. The summed E-state index contributed by atoms with van der Waals surface area (Å²) in [5.74, 6) is 0.905. The number of halogens is 2. The van der Waals surface area contributed by atoms with Gasteiger partial charge in [0.25, 0.3) is 0 Å². The van der Waals surface area contributed by atoms with Crippen LogP contribution in [0.4, 0.5) is 5.69 Å². The lowest BCUT2D eigenvalue weighted by molar-refractivity contribution is 1.00. The van der Waals surface area contributed by atoms with Crippen LogP contribution in [0, 0.1) is 5.41 Å². The summed E-state index contributed by atoms with van der Waals surface area (Å²) in [7, 11) is 0. The van der Waals surface area contributed by atoms with Gasteiger partial charge in [-0.1, -0.05) is 31.7 Å². The molecule has 3 nitrogen and oxygen atoms in total. The first-order valence-corrected chi connectivity index (χ1v) is 6.50. The van der Waals surface area contributed by atoms with Gasteiger partial charge in [-0.3, -0.25) is 5.41 Å². The second kappa shape index (κ2) is 10.5. The number of nitrogens with one attached hydrogen (secondary N) is 2. The molecule has 0 fully saturated rings. The van der Waals surface area contributed by atoms with Crippen molar-refractivity contribution in [3.8, 4) is 0 Å². The zero-order valence-corrected chi connectivity index (χ0v) is 13.1. The minimum Gasteiger partial charge on any atom is -0.335 e. The van der Waals surface area contributed by atoms with Gasteiger partial charge in [-0.2, -0.15) is 0 Å². The maximum absolute atomic E-state index is 7.67. The van der Waals surface area contributed by atoms with Crippen LogP contribution in [-0.2, 0) is 13.0 Å². The molecule has 0 aromatic heterocycles. The zero-order chi connectivity index (χ0) is 12.0. The Hall–Kier alpha value is -0.420. The number of thioether (sulfide) groups is 1. The van der Waals surface area contributed by atoms with Crippen molar-refractivity contribution in [3.63, 3.8) is 0 Å². The van der Waals surface area contributed by atoms with E-state index in [1.54, 1.807) is 0 Å². The topological polar surface area (TPSA) is 61.9 Å². The van der Waals surface area contributed by atoms with Crippen LogP contribution in [0.5, 0.6) is 0 Å². The van der Waals surface area contributed by atoms with E-state index in [4.69, 9.17) is 11.1 Å². The summed E-state index contributed by atoms with van der Waals surface area (Å²) in [6, 6.07) is 6.11. The van der Waals surface area contributed by atoms with Crippen molar-refractivity contribution in [2.75, 3.05) is 11.1 Å². The van der Waals surface area contributed by atoms with Crippen molar-refractivity contribution in [1.29, 1.82) is 5.41 Å². The molecule has 0 atom stereocenters. The molecule has 0 spiro atoms. The third kappa shape index (κ3) is 5.96. The predicted octanol–water partition coefficient (Wildman–Crippen LogP) is 3.65. The SMILES string of the molecule is CCSC(=N)Nc1ccc(CC)c(CN)c1.Cl.Cl. The molecule has 0 radical (unpaired) electrons. The van der Waals surface area contributed by atoms with Crippen molar-refractivity contribution < 1.29 is 0 Å². The monoisotopic (exact) mass is 309 g/mol. The van der Waals surface area contributed by atoms with E-state index in [-0.39, 0.29) is 24.8 Å². The number of anilines is 1. The molecule has 0 bridgehead atoms. The van der Waals surface area contributed by atoms with Crippen molar-refractivity contribution in [2.24, 2.45) is 5.73 Å². The average Bonchev–Trinajstić information content (AvgIpc) is 2.29. The highest BCUT2D eigenvalue weighted by Gasteiger charge is 2.02.